The molecule has 0 heterocycles. The lowest BCUT2D eigenvalue weighted by atomic mass is 10.0. The summed E-state index contributed by atoms with van der Waals surface area (Å²) < 4.78 is 0. The summed E-state index contributed by atoms with van der Waals surface area (Å²) in [6.45, 7) is 4.97. The molecule has 92 valence electrons. The average molecular weight is 255 g/mol. The molecule has 2 N–H and O–H groups in total. The summed E-state index contributed by atoms with van der Waals surface area (Å²) in [5.74, 6) is 1.24. The number of hydrogen-bond donors (Lipinski definition) is 1. The first kappa shape index (κ1) is 17.5. The van der Waals surface area contributed by atoms with E-state index in [1.165, 1.54) is 0 Å². The van der Waals surface area contributed by atoms with Gasteiger partial charge >= 0.3 is 0 Å². The molecule has 0 aromatic rings. The van der Waals surface area contributed by atoms with Crippen LogP contribution in [0.25, 0.3) is 0 Å². The molecular weight excluding hydrogens is 232 g/mol. The highest BCUT2D eigenvalue weighted by atomic mass is 35.5. The summed E-state index contributed by atoms with van der Waals surface area (Å²) in [6.07, 6.45) is 2.82. The van der Waals surface area contributed by atoms with Gasteiger partial charge in [0.15, 0.2) is 0 Å². The zero-order valence-electron chi connectivity index (χ0n) is 10.0. The van der Waals surface area contributed by atoms with Gasteiger partial charge in [-0.1, -0.05) is 13.8 Å². The number of carbonyl (C=O) groups excluding carboxylic acids is 1. The van der Waals surface area contributed by atoms with E-state index < -0.39 is 0 Å². The first-order chi connectivity index (χ1) is 6.49. The topological polar surface area (TPSA) is 46.3 Å². The van der Waals surface area contributed by atoms with Gasteiger partial charge in [-0.15, -0.1) is 12.4 Å². The second-order valence-corrected chi connectivity index (χ2v) is 4.81. The van der Waals surface area contributed by atoms with Crippen molar-refractivity contribution < 1.29 is 4.79 Å². The Hall–Kier alpha value is 0.0700. The van der Waals surface area contributed by atoms with Crippen molar-refractivity contribution >= 4 is 30.1 Å². The van der Waals surface area contributed by atoms with E-state index in [1.807, 2.05) is 13.3 Å². The molecule has 0 saturated heterocycles. The predicted molar refractivity (Wildman–Crippen MR) is 70.7 cm³/mol. The van der Waals surface area contributed by atoms with Crippen LogP contribution in [0.1, 0.15) is 20.3 Å². The third-order valence-corrected chi connectivity index (χ3v) is 2.88. The smallest absolute Gasteiger partial charge is 0.232 e. The van der Waals surface area contributed by atoms with E-state index >= 15 is 0 Å². The summed E-state index contributed by atoms with van der Waals surface area (Å²) in [7, 11) is 1.84. The highest BCUT2D eigenvalue weighted by Crippen LogP contribution is 2.04. The van der Waals surface area contributed by atoms with E-state index in [4.69, 9.17) is 5.73 Å². The Bertz CT molecular complexity index is 179. The molecule has 1 unspecified atom stereocenters. The minimum Gasteiger partial charge on any atom is -0.345 e. The van der Waals surface area contributed by atoms with Gasteiger partial charge in [0.2, 0.25) is 5.91 Å². The minimum absolute atomic E-state index is 0. The van der Waals surface area contributed by atoms with Crippen LogP contribution in [0.2, 0.25) is 0 Å². The molecule has 15 heavy (non-hydrogen) atoms. The zero-order valence-corrected chi connectivity index (χ0v) is 11.7. The maximum Gasteiger partial charge on any atom is 0.232 e. The van der Waals surface area contributed by atoms with E-state index in [1.54, 1.807) is 16.7 Å². The fourth-order valence-electron chi connectivity index (χ4n) is 1.03. The second kappa shape index (κ2) is 9.31. The molecule has 1 atom stereocenters. The Labute approximate surface area is 104 Å². The molecule has 3 nitrogen and oxygen atoms in total. The largest absolute Gasteiger partial charge is 0.345 e. The van der Waals surface area contributed by atoms with E-state index in [2.05, 4.69) is 13.8 Å². The Kier molecular flexibility index (Phi) is 10.8. The molecule has 5 heteroatoms. The molecule has 0 aliphatic carbocycles. The fourth-order valence-corrected chi connectivity index (χ4v) is 1.50. The summed E-state index contributed by atoms with van der Waals surface area (Å²) in [4.78, 5) is 13.2. The lowest BCUT2D eigenvalue weighted by Gasteiger charge is -2.21. The van der Waals surface area contributed by atoms with Gasteiger partial charge in [-0.2, -0.15) is 11.8 Å². The van der Waals surface area contributed by atoms with Crippen molar-refractivity contribution in [2.24, 2.45) is 11.7 Å². The number of hydrogen-bond acceptors (Lipinski definition) is 3. The normalized spacial score (nSPS) is 12.1. The summed E-state index contributed by atoms with van der Waals surface area (Å²) >= 11 is 1.56. The van der Waals surface area contributed by atoms with Crippen LogP contribution in [0, 0.1) is 5.92 Å². The molecule has 0 aromatic heterocycles. The van der Waals surface area contributed by atoms with Gasteiger partial charge in [0.1, 0.15) is 0 Å². The maximum atomic E-state index is 11.4. The van der Waals surface area contributed by atoms with Crippen molar-refractivity contribution in [2.45, 2.75) is 26.3 Å². The quantitative estimate of drug-likeness (QED) is 0.783. The molecule has 0 saturated carbocycles. The number of amides is 1. The number of nitrogens with zero attached hydrogens (tertiary/aromatic N) is 1. The molecule has 0 rings (SSSR count). The van der Waals surface area contributed by atoms with Gasteiger partial charge in [0.05, 0.1) is 5.75 Å². The summed E-state index contributed by atoms with van der Waals surface area (Å²) in [5, 5.41) is 0. The van der Waals surface area contributed by atoms with Crippen molar-refractivity contribution in [2.75, 3.05) is 25.6 Å². The predicted octanol–water partition coefficient (Wildman–Crippen LogP) is 1.60. The van der Waals surface area contributed by atoms with Gasteiger partial charge < -0.3 is 10.6 Å². The lowest BCUT2D eigenvalue weighted by molar-refractivity contribution is -0.127. The van der Waals surface area contributed by atoms with E-state index in [-0.39, 0.29) is 24.4 Å². The second-order valence-electron chi connectivity index (χ2n) is 3.94. The van der Waals surface area contributed by atoms with Crippen LogP contribution in [-0.2, 0) is 4.79 Å². The van der Waals surface area contributed by atoms with Gasteiger partial charge in [0.25, 0.3) is 0 Å². The van der Waals surface area contributed by atoms with E-state index in [9.17, 15) is 4.79 Å². The number of halogens is 1. The standard InChI is InChI=1S/C10H22N2OS.ClH/c1-8(2)9(11)5-6-12(3)10(13)7-14-4;/h8-9H,5-7,11H2,1-4H3;1H. The third kappa shape index (κ3) is 7.94. The van der Waals surface area contributed by atoms with Crippen molar-refractivity contribution in [1.29, 1.82) is 0 Å². The molecule has 0 fully saturated rings. The Balaban J connectivity index is 0. The Morgan fingerprint density at radius 1 is 1.47 bits per heavy atom. The fraction of sp³-hybridized carbons (Fsp3) is 0.900. The first-order valence-electron chi connectivity index (χ1n) is 4.97. The molecule has 0 aromatic carbocycles. The van der Waals surface area contributed by atoms with Crippen LogP contribution >= 0.6 is 24.2 Å². The van der Waals surface area contributed by atoms with Crippen molar-refractivity contribution in [3.63, 3.8) is 0 Å². The van der Waals surface area contributed by atoms with Crippen LogP contribution in [0.5, 0.6) is 0 Å². The van der Waals surface area contributed by atoms with Crippen LogP contribution in [0.15, 0.2) is 0 Å². The summed E-state index contributed by atoms with van der Waals surface area (Å²) in [5.41, 5.74) is 5.90. The van der Waals surface area contributed by atoms with E-state index in [0.717, 1.165) is 13.0 Å². The molecule has 0 spiro atoms. The zero-order chi connectivity index (χ0) is 11.1. The SMILES string of the molecule is CSCC(=O)N(C)CCC(N)C(C)C.Cl. The Morgan fingerprint density at radius 3 is 2.40 bits per heavy atom. The van der Waals surface area contributed by atoms with Crippen molar-refractivity contribution in [3.8, 4) is 0 Å². The van der Waals surface area contributed by atoms with Gasteiger partial charge in [-0.05, 0) is 18.6 Å². The highest BCUT2D eigenvalue weighted by molar-refractivity contribution is 7.99. The van der Waals surface area contributed by atoms with Gasteiger partial charge in [0, 0.05) is 19.6 Å². The molecule has 0 aliphatic heterocycles. The van der Waals surface area contributed by atoms with Crippen molar-refractivity contribution in [3.05, 3.63) is 0 Å². The molecule has 0 radical (unpaired) electrons. The third-order valence-electron chi connectivity index (χ3n) is 2.35. The summed E-state index contributed by atoms with van der Waals surface area (Å²) in [6, 6.07) is 0.194. The monoisotopic (exact) mass is 254 g/mol. The van der Waals surface area contributed by atoms with Crippen LogP contribution in [0.3, 0.4) is 0 Å². The number of nitrogens with two attached hydrogens (primary N) is 1. The number of rotatable bonds is 6. The first-order valence-corrected chi connectivity index (χ1v) is 6.37. The molecule has 0 aliphatic rings. The van der Waals surface area contributed by atoms with Crippen molar-refractivity contribution in [1.82, 2.24) is 4.90 Å². The maximum absolute atomic E-state index is 11.4. The van der Waals surface area contributed by atoms with Crippen LogP contribution in [-0.4, -0.2) is 42.4 Å². The Morgan fingerprint density at radius 2 is 2.00 bits per heavy atom. The molecular formula is C10H23ClN2OS. The van der Waals surface area contributed by atoms with E-state index in [0.29, 0.717) is 11.7 Å². The minimum atomic E-state index is 0. The van der Waals surface area contributed by atoms with Gasteiger partial charge in [-0.25, -0.2) is 0 Å². The molecule has 0 bridgehead atoms. The number of carbonyl (C=O) groups is 1. The highest BCUT2D eigenvalue weighted by Gasteiger charge is 2.11. The number of thioether (sulfide) groups is 1. The molecule has 1 amide bonds. The van der Waals surface area contributed by atoms with Crippen LogP contribution < -0.4 is 5.73 Å². The lowest BCUT2D eigenvalue weighted by Crippen LogP contribution is -2.35. The average Bonchev–Trinajstić information content (AvgIpc) is 2.13. The van der Waals surface area contributed by atoms with Crippen LogP contribution in [0.4, 0.5) is 0 Å². The van der Waals surface area contributed by atoms with Gasteiger partial charge in [-0.3, -0.25) is 4.79 Å².